The lowest BCUT2D eigenvalue weighted by Gasteiger charge is -2.11. The van der Waals surface area contributed by atoms with Crippen LogP contribution in [0.4, 0.5) is 5.69 Å². The number of non-ortho nitro benzene ring substituents is 1. The summed E-state index contributed by atoms with van der Waals surface area (Å²) >= 11 is 0. The number of nitro groups is 1. The molecule has 2 aromatic carbocycles. The first kappa shape index (κ1) is 18.7. The van der Waals surface area contributed by atoms with Crippen molar-refractivity contribution in [3.63, 3.8) is 0 Å². The molecule has 8 nitrogen and oxygen atoms in total. The summed E-state index contributed by atoms with van der Waals surface area (Å²) in [4.78, 5) is 19.4. The van der Waals surface area contributed by atoms with Gasteiger partial charge in [0.05, 0.1) is 29.6 Å². The van der Waals surface area contributed by atoms with Crippen LogP contribution in [-0.4, -0.2) is 32.4 Å². The summed E-state index contributed by atoms with van der Waals surface area (Å²) in [6, 6.07) is 16.1. The first-order valence-electron chi connectivity index (χ1n) is 9.62. The van der Waals surface area contributed by atoms with E-state index in [1.165, 1.54) is 12.1 Å². The van der Waals surface area contributed by atoms with Gasteiger partial charge in [0.1, 0.15) is 11.6 Å². The van der Waals surface area contributed by atoms with Crippen molar-refractivity contribution in [3.8, 4) is 17.0 Å². The molecule has 3 heterocycles. The van der Waals surface area contributed by atoms with Gasteiger partial charge in [-0.2, -0.15) is 5.10 Å². The number of fused-ring (bicyclic) bond motifs is 2. The van der Waals surface area contributed by atoms with Gasteiger partial charge in [0.15, 0.2) is 0 Å². The molecule has 5 rings (SSSR count). The van der Waals surface area contributed by atoms with Crippen molar-refractivity contribution in [3.05, 3.63) is 106 Å². The van der Waals surface area contributed by atoms with Crippen LogP contribution in [0.25, 0.3) is 11.3 Å². The molecular formula is C23H17N5O3. The zero-order valence-electron chi connectivity index (χ0n) is 16.6. The molecular weight excluding hydrogens is 394 g/mol. The molecule has 8 heteroatoms. The highest BCUT2D eigenvalue weighted by Crippen LogP contribution is 2.30. The SMILES string of the molecule is COc1ccc2c(c1)C(c1ccc([N+](=O)[O-])cc1)=Nn1c(-c3ccncc3)cnc1C2. The molecule has 0 fully saturated rings. The molecule has 0 bridgehead atoms. The van der Waals surface area contributed by atoms with Crippen LogP contribution < -0.4 is 4.74 Å². The number of nitrogens with zero attached hydrogens (tertiary/aromatic N) is 5. The Balaban J connectivity index is 1.73. The van der Waals surface area contributed by atoms with Gasteiger partial charge in [0, 0.05) is 47.6 Å². The third kappa shape index (κ3) is 3.33. The molecule has 1 aliphatic rings. The molecule has 0 N–H and O–H groups in total. The predicted molar refractivity (Wildman–Crippen MR) is 115 cm³/mol. The Morgan fingerprint density at radius 2 is 1.81 bits per heavy atom. The number of rotatable bonds is 4. The van der Waals surface area contributed by atoms with Crippen LogP contribution in [0, 0.1) is 10.1 Å². The molecule has 152 valence electrons. The molecule has 0 unspecified atom stereocenters. The maximum atomic E-state index is 11.1. The molecule has 0 spiro atoms. The first-order valence-corrected chi connectivity index (χ1v) is 9.62. The van der Waals surface area contributed by atoms with Gasteiger partial charge < -0.3 is 4.74 Å². The predicted octanol–water partition coefficient (Wildman–Crippen LogP) is 4.07. The lowest BCUT2D eigenvalue weighted by Crippen LogP contribution is -2.08. The minimum atomic E-state index is -0.412. The Kier molecular flexibility index (Phi) is 4.51. The monoisotopic (exact) mass is 411 g/mol. The Hall–Kier alpha value is -4.33. The lowest BCUT2D eigenvalue weighted by atomic mass is 9.95. The standard InChI is InChI=1S/C23H17N5O3/c1-31-19-7-4-17-12-22-25-14-21(15-8-10-24-11-9-15)27(22)26-23(20(17)13-19)16-2-5-18(6-3-16)28(29)30/h2-11,13-14H,12H2,1H3. The number of pyridine rings is 1. The van der Waals surface area contributed by atoms with Crippen molar-refractivity contribution in [2.45, 2.75) is 6.42 Å². The number of nitro benzene ring substituents is 1. The molecule has 0 atom stereocenters. The molecule has 4 aromatic rings. The van der Waals surface area contributed by atoms with E-state index in [1.54, 1.807) is 37.8 Å². The van der Waals surface area contributed by atoms with Crippen molar-refractivity contribution in [1.29, 1.82) is 0 Å². The zero-order valence-corrected chi connectivity index (χ0v) is 16.6. The second-order valence-electron chi connectivity index (χ2n) is 7.06. The third-order valence-electron chi connectivity index (χ3n) is 5.26. The Labute approximate surface area is 177 Å². The molecule has 0 amide bonds. The van der Waals surface area contributed by atoms with E-state index in [4.69, 9.17) is 9.84 Å². The van der Waals surface area contributed by atoms with Crippen molar-refractivity contribution < 1.29 is 9.66 Å². The normalized spacial score (nSPS) is 12.4. The third-order valence-corrected chi connectivity index (χ3v) is 5.26. The minimum Gasteiger partial charge on any atom is -0.497 e. The fourth-order valence-corrected chi connectivity index (χ4v) is 3.67. The van der Waals surface area contributed by atoms with Gasteiger partial charge in [-0.1, -0.05) is 6.07 Å². The zero-order chi connectivity index (χ0) is 21.4. The molecule has 0 saturated heterocycles. The number of aromatic nitrogens is 3. The van der Waals surface area contributed by atoms with Gasteiger partial charge >= 0.3 is 0 Å². The quantitative estimate of drug-likeness (QED) is 0.328. The van der Waals surface area contributed by atoms with Gasteiger partial charge in [0.2, 0.25) is 0 Å². The number of imidazole rings is 1. The Bertz CT molecular complexity index is 1310. The fourth-order valence-electron chi connectivity index (χ4n) is 3.67. The topological polar surface area (TPSA) is 95.4 Å². The van der Waals surface area contributed by atoms with E-state index in [1.807, 2.05) is 35.0 Å². The van der Waals surface area contributed by atoms with Crippen LogP contribution in [0.3, 0.4) is 0 Å². The average Bonchev–Trinajstić information content (AvgIpc) is 3.13. The molecule has 1 aliphatic heterocycles. The summed E-state index contributed by atoms with van der Waals surface area (Å²) in [5, 5.41) is 16.1. The van der Waals surface area contributed by atoms with Crippen LogP contribution in [-0.2, 0) is 6.42 Å². The van der Waals surface area contributed by atoms with E-state index in [0.717, 1.165) is 33.8 Å². The largest absolute Gasteiger partial charge is 0.497 e. The summed E-state index contributed by atoms with van der Waals surface area (Å²) < 4.78 is 7.27. The van der Waals surface area contributed by atoms with Gasteiger partial charge in [-0.25, -0.2) is 9.66 Å². The highest BCUT2D eigenvalue weighted by molar-refractivity contribution is 6.14. The van der Waals surface area contributed by atoms with Crippen LogP contribution in [0.15, 0.2) is 78.3 Å². The maximum absolute atomic E-state index is 11.1. The van der Waals surface area contributed by atoms with Gasteiger partial charge in [0.25, 0.3) is 5.69 Å². The number of methoxy groups -OCH3 is 1. The van der Waals surface area contributed by atoms with Gasteiger partial charge in [-0.15, -0.1) is 0 Å². The van der Waals surface area contributed by atoms with E-state index in [9.17, 15) is 10.1 Å². The fraction of sp³-hybridized carbons (Fsp3) is 0.0870. The number of hydrogen-bond donors (Lipinski definition) is 0. The minimum absolute atomic E-state index is 0.0321. The molecule has 31 heavy (non-hydrogen) atoms. The average molecular weight is 411 g/mol. The summed E-state index contributed by atoms with van der Waals surface area (Å²) in [6.45, 7) is 0. The number of hydrogen-bond acceptors (Lipinski definition) is 6. The molecule has 0 radical (unpaired) electrons. The summed E-state index contributed by atoms with van der Waals surface area (Å²) in [5.41, 5.74) is 5.23. The van der Waals surface area contributed by atoms with E-state index in [-0.39, 0.29) is 5.69 Å². The smallest absolute Gasteiger partial charge is 0.269 e. The maximum Gasteiger partial charge on any atom is 0.269 e. The summed E-state index contributed by atoms with van der Waals surface area (Å²) in [6.07, 6.45) is 5.85. The van der Waals surface area contributed by atoms with Gasteiger partial charge in [-0.05, 0) is 42.0 Å². The highest BCUT2D eigenvalue weighted by Gasteiger charge is 2.22. The second-order valence-corrected chi connectivity index (χ2v) is 7.06. The van der Waals surface area contributed by atoms with Crippen molar-refractivity contribution >= 4 is 11.4 Å². The molecule has 0 aliphatic carbocycles. The van der Waals surface area contributed by atoms with E-state index >= 15 is 0 Å². The second kappa shape index (κ2) is 7.49. The van der Waals surface area contributed by atoms with Gasteiger partial charge in [-0.3, -0.25) is 15.1 Å². The van der Waals surface area contributed by atoms with Crippen LogP contribution in [0.5, 0.6) is 5.75 Å². The van der Waals surface area contributed by atoms with Crippen LogP contribution in [0.1, 0.15) is 22.5 Å². The van der Waals surface area contributed by atoms with Crippen LogP contribution in [0.2, 0.25) is 0 Å². The highest BCUT2D eigenvalue weighted by atomic mass is 16.6. The van der Waals surface area contributed by atoms with E-state index in [2.05, 4.69) is 9.97 Å². The lowest BCUT2D eigenvalue weighted by molar-refractivity contribution is -0.384. The van der Waals surface area contributed by atoms with Crippen molar-refractivity contribution in [2.75, 3.05) is 7.11 Å². The molecule has 0 saturated carbocycles. The van der Waals surface area contributed by atoms with Crippen LogP contribution >= 0.6 is 0 Å². The first-order chi connectivity index (χ1) is 15.1. The Morgan fingerprint density at radius 1 is 1.03 bits per heavy atom. The van der Waals surface area contributed by atoms with Crippen molar-refractivity contribution in [2.24, 2.45) is 5.10 Å². The molecule has 2 aromatic heterocycles. The van der Waals surface area contributed by atoms with Crippen molar-refractivity contribution in [1.82, 2.24) is 14.6 Å². The van der Waals surface area contributed by atoms with E-state index < -0.39 is 4.92 Å². The number of benzene rings is 2. The summed E-state index contributed by atoms with van der Waals surface area (Å²) in [7, 11) is 1.62. The number of ether oxygens (including phenoxy) is 1. The Morgan fingerprint density at radius 3 is 2.52 bits per heavy atom. The summed E-state index contributed by atoms with van der Waals surface area (Å²) in [5.74, 6) is 1.51. The van der Waals surface area contributed by atoms with E-state index in [0.29, 0.717) is 17.9 Å².